The van der Waals surface area contributed by atoms with Crippen molar-refractivity contribution in [3.05, 3.63) is 44.5 Å². The number of carbonyl (C=O) groups excluding carboxylic acids is 1. The summed E-state index contributed by atoms with van der Waals surface area (Å²) in [5, 5.41) is 0. The molecule has 1 aromatic carbocycles. The summed E-state index contributed by atoms with van der Waals surface area (Å²) in [6.07, 6.45) is 0. The van der Waals surface area contributed by atoms with Crippen molar-refractivity contribution in [1.29, 1.82) is 0 Å². The van der Waals surface area contributed by atoms with Gasteiger partial charge in [-0.05, 0) is 95.7 Å². The van der Waals surface area contributed by atoms with E-state index in [4.69, 9.17) is 11.5 Å². The summed E-state index contributed by atoms with van der Waals surface area (Å²) in [6.45, 7) is 23.3. The second kappa shape index (κ2) is 7.49. The molecule has 1 rings (SSSR count). The lowest BCUT2D eigenvalue weighted by atomic mass is 9.68. The van der Waals surface area contributed by atoms with Crippen LogP contribution < -0.4 is 11.5 Å². The van der Waals surface area contributed by atoms with Crippen LogP contribution >= 0.6 is 0 Å². The molecule has 0 bridgehead atoms. The standard InChI is InChI=1S/C23H37N3O/c1-12-13(2)15(4)19(16(5)14(12)3)22(8,9)17(6)18(7)23(10,11)20(27)26-21(24)25/h1-11H3,(H4,24,25,26,27). The van der Waals surface area contributed by atoms with Crippen molar-refractivity contribution in [3.63, 3.8) is 0 Å². The molecule has 0 spiro atoms. The minimum Gasteiger partial charge on any atom is -0.370 e. The molecule has 4 nitrogen and oxygen atoms in total. The van der Waals surface area contributed by atoms with Crippen molar-refractivity contribution in [3.8, 4) is 0 Å². The van der Waals surface area contributed by atoms with Gasteiger partial charge >= 0.3 is 0 Å². The van der Waals surface area contributed by atoms with Gasteiger partial charge in [-0.15, -0.1) is 0 Å². The highest BCUT2D eigenvalue weighted by molar-refractivity contribution is 5.95. The molecule has 27 heavy (non-hydrogen) atoms. The summed E-state index contributed by atoms with van der Waals surface area (Å²) in [4.78, 5) is 16.4. The van der Waals surface area contributed by atoms with Crippen molar-refractivity contribution in [2.45, 2.75) is 81.6 Å². The van der Waals surface area contributed by atoms with Gasteiger partial charge in [0.2, 0.25) is 0 Å². The first kappa shape index (κ1) is 22.9. The van der Waals surface area contributed by atoms with Crippen LogP contribution in [0.25, 0.3) is 0 Å². The molecule has 0 aliphatic carbocycles. The molecule has 0 radical (unpaired) electrons. The minimum absolute atomic E-state index is 0.200. The third-order valence-corrected chi connectivity index (χ3v) is 6.83. The lowest BCUT2D eigenvalue weighted by molar-refractivity contribution is -0.124. The van der Waals surface area contributed by atoms with Gasteiger partial charge in [-0.3, -0.25) is 4.79 Å². The highest BCUT2D eigenvalue weighted by atomic mass is 16.1. The number of nitrogens with two attached hydrogens (primary N) is 2. The molecule has 0 saturated carbocycles. The van der Waals surface area contributed by atoms with Gasteiger partial charge in [0, 0.05) is 5.41 Å². The first-order valence-electron chi connectivity index (χ1n) is 9.48. The Labute approximate surface area is 165 Å². The van der Waals surface area contributed by atoms with Crippen LogP contribution in [0.3, 0.4) is 0 Å². The van der Waals surface area contributed by atoms with Crippen LogP contribution in [0.2, 0.25) is 0 Å². The Bertz CT molecular complexity index is 807. The summed E-state index contributed by atoms with van der Waals surface area (Å²) in [7, 11) is 0. The Hall–Kier alpha value is -2.10. The fourth-order valence-electron chi connectivity index (χ4n) is 3.98. The van der Waals surface area contributed by atoms with Crippen molar-refractivity contribution < 1.29 is 4.79 Å². The number of guanidine groups is 1. The monoisotopic (exact) mass is 371 g/mol. The third-order valence-electron chi connectivity index (χ3n) is 6.83. The van der Waals surface area contributed by atoms with Gasteiger partial charge in [0.15, 0.2) is 5.96 Å². The Morgan fingerprint density at radius 1 is 0.741 bits per heavy atom. The molecule has 0 fully saturated rings. The van der Waals surface area contributed by atoms with Gasteiger partial charge in [0.25, 0.3) is 5.91 Å². The molecule has 0 aliphatic heterocycles. The molecule has 0 heterocycles. The molecule has 0 aromatic heterocycles. The molecular weight excluding hydrogens is 334 g/mol. The number of amides is 1. The molecule has 150 valence electrons. The Kier molecular flexibility index (Phi) is 6.37. The van der Waals surface area contributed by atoms with E-state index >= 15 is 0 Å². The summed E-state index contributed by atoms with van der Waals surface area (Å²) in [5.74, 6) is -0.519. The quantitative estimate of drug-likeness (QED) is 0.458. The van der Waals surface area contributed by atoms with E-state index in [2.05, 4.69) is 60.4 Å². The number of carbonyl (C=O) groups is 1. The number of nitrogens with zero attached hydrogens (tertiary/aromatic N) is 1. The average molecular weight is 372 g/mol. The number of allylic oxidation sites excluding steroid dienone is 1. The van der Waals surface area contributed by atoms with E-state index in [9.17, 15) is 4.79 Å². The van der Waals surface area contributed by atoms with Crippen LogP contribution in [0.15, 0.2) is 16.1 Å². The minimum atomic E-state index is -0.776. The van der Waals surface area contributed by atoms with Crippen molar-refractivity contribution in [2.24, 2.45) is 21.9 Å². The lowest BCUT2D eigenvalue weighted by Gasteiger charge is -2.36. The van der Waals surface area contributed by atoms with E-state index in [-0.39, 0.29) is 17.3 Å². The number of rotatable bonds is 4. The van der Waals surface area contributed by atoms with E-state index in [1.54, 1.807) is 0 Å². The highest BCUT2D eigenvalue weighted by Gasteiger charge is 2.36. The number of hydrogen-bond acceptors (Lipinski definition) is 1. The van der Waals surface area contributed by atoms with Gasteiger partial charge in [-0.1, -0.05) is 25.0 Å². The average Bonchev–Trinajstić information content (AvgIpc) is 2.55. The van der Waals surface area contributed by atoms with Gasteiger partial charge in [-0.25, -0.2) is 0 Å². The number of benzene rings is 1. The maximum Gasteiger partial charge on any atom is 0.258 e. The second-order valence-electron chi connectivity index (χ2n) is 8.84. The molecule has 0 unspecified atom stereocenters. The van der Waals surface area contributed by atoms with Gasteiger partial charge in [0.1, 0.15) is 0 Å². The van der Waals surface area contributed by atoms with Crippen molar-refractivity contribution in [2.75, 3.05) is 0 Å². The van der Waals surface area contributed by atoms with Crippen molar-refractivity contribution >= 4 is 11.9 Å². The van der Waals surface area contributed by atoms with E-state index < -0.39 is 5.41 Å². The van der Waals surface area contributed by atoms with E-state index in [1.807, 2.05) is 20.8 Å². The molecule has 0 atom stereocenters. The Morgan fingerprint density at radius 2 is 1.11 bits per heavy atom. The summed E-state index contributed by atoms with van der Waals surface area (Å²) >= 11 is 0. The fraction of sp³-hybridized carbons (Fsp3) is 0.565. The molecule has 4 heteroatoms. The zero-order chi connectivity index (χ0) is 21.5. The normalized spacial score (nSPS) is 13.3. The van der Waals surface area contributed by atoms with Crippen molar-refractivity contribution in [1.82, 2.24) is 0 Å². The smallest absolute Gasteiger partial charge is 0.258 e. The van der Waals surface area contributed by atoms with Crippen LogP contribution in [0.1, 0.15) is 74.9 Å². The first-order chi connectivity index (χ1) is 12.1. The Balaban J connectivity index is 3.72. The summed E-state index contributed by atoms with van der Waals surface area (Å²) < 4.78 is 0. The topological polar surface area (TPSA) is 81.5 Å². The van der Waals surface area contributed by atoms with Crippen LogP contribution in [0.4, 0.5) is 0 Å². The van der Waals surface area contributed by atoms with E-state index in [0.717, 1.165) is 5.57 Å². The molecule has 1 amide bonds. The number of hydrogen-bond donors (Lipinski definition) is 2. The zero-order valence-electron chi connectivity index (χ0n) is 19.0. The highest BCUT2D eigenvalue weighted by Crippen LogP contribution is 2.43. The van der Waals surface area contributed by atoms with Gasteiger partial charge in [0.05, 0.1) is 5.41 Å². The third kappa shape index (κ3) is 3.95. The van der Waals surface area contributed by atoms with Gasteiger partial charge in [-0.2, -0.15) is 4.99 Å². The molecule has 0 saturated heterocycles. The zero-order valence-corrected chi connectivity index (χ0v) is 19.0. The van der Waals surface area contributed by atoms with Crippen LogP contribution in [-0.4, -0.2) is 11.9 Å². The van der Waals surface area contributed by atoms with Crippen LogP contribution in [-0.2, 0) is 10.2 Å². The summed E-state index contributed by atoms with van der Waals surface area (Å²) in [5.41, 5.74) is 20.0. The first-order valence-corrected chi connectivity index (χ1v) is 9.48. The summed E-state index contributed by atoms with van der Waals surface area (Å²) in [6, 6.07) is 0. The number of aliphatic imine (C=N–C) groups is 1. The van der Waals surface area contributed by atoms with Crippen LogP contribution in [0.5, 0.6) is 0 Å². The lowest BCUT2D eigenvalue weighted by Crippen LogP contribution is -2.33. The SMILES string of the molecule is CC(=C(C)C(C)(C)c1c(C)c(C)c(C)c(C)c1C)C(C)(C)C(=O)N=C(N)N. The molecule has 0 aliphatic rings. The van der Waals surface area contributed by atoms with E-state index in [0.29, 0.717) is 0 Å². The maximum atomic E-state index is 12.6. The Morgan fingerprint density at radius 3 is 1.48 bits per heavy atom. The van der Waals surface area contributed by atoms with Gasteiger partial charge < -0.3 is 11.5 Å². The second-order valence-corrected chi connectivity index (χ2v) is 8.84. The maximum absolute atomic E-state index is 12.6. The predicted molar refractivity (Wildman–Crippen MR) is 116 cm³/mol. The van der Waals surface area contributed by atoms with Crippen LogP contribution in [0, 0.1) is 40.0 Å². The molecule has 1 aromatic rings. The predicted octanol–water partition coefficient (Wildman–Crippen LogP) is 4.67. The van der Waals surface area contributed by atoms with E-state index in [1.165, 1.54) is 39.0 Å². The fourth-order valence-corrected chi connectivity index (χ4v) is 3.98. The largest absolute Gasteiger partial charge is 0.370 e. The molecular formula is C23H37N3O. The molecule has 4 N–H and O–H groups in total.